The van der Waals surface area contributed by atoms with E-state index in [2.05, 4.69) is 33.4 Å². The molecule has 0 bridgehead atoms. The van der Waals surface area contributed by atoms with E-state index in [1.165, 1.54) is 5.56 Å². The summed E-state index contributed by atoms with van der Waals surface area (Å²) in [6, 6.07) is 17.1. The van der Waals surface area contributed by atoms with E-state index in [9.17, 15) is 4.79 Å². The number of nitrogens with zero attached hydrogens (tertiary/aromatic N) is 1. The van der Waals surface area contributed by atoms with Crippen molar-refractivity contribution in [2.45, 2.75) is 25.8 Å². The Hall–Kier alpha value is -2.32. The second kappa shape index (κ2) is 9.09. The van der Waals surface area contributed by atoms with Crippen molar-refractivity contribution >= 4 is 21.8 Å². The van der Waals surface area contributed by atoms with Crippen LogP contribution in [0.25, 0.3) is 0 Å². The highest BCUT2D eigenvalue weighted by atomic mass is 79.9. The summed E-state index contributed by atoms with van der Waals surface area (Å²) in [5.41, 5.74) is 1.66. The number of halogens is 1. The normalized spacial score (nSPS) is 11.4. The molecule has 0 aliphatic heterocycles. The maximum Gasteiger partial charge on any atom is 0.258 e. The Labute approximate surface area is 150 Å². The maximum absolute atomic E-state index is 12.0. The quantitative estimate of drug-likeness (QED) is 0.785. The molecule has 0 radical (unpaired) electrons. The highest BCUT2D eigenvalue weighted by molar-refractivity contribution is 9.10. The van der Waals surface area contributed by atoms with Crippen LogP contribution in [0.5, 0.6) is 5.75 Å². The first kappa shape index (κ1) is 18.0. The van der Waals surface area contributed by atoms with E-state index in [0.29, 0.717) is 11.3 Å². The molecule has 0 aliphatic carbocycles. The average molecular weight is 387 g/mol. The number of hydrogen-bond acceptors (Lipinski definition) is 3. The fourth-order valence-corrected chi connectivity index (χ4v) is 2.52. The van der Waals surface area contributed by atoms with Gasteiger partial charge in [-0.1, -0.05) is 40.2 Å². The minimum atomic E-state index is -0.189. The summed E-state index contributed by atoms with van der Waals surface area (Å²) in [5, 5.41) is 11.9. The van der Waals surface area contributed by atoms with Gasteiger partial charge in [-0.05, 0) is 49.6 Å². The minimum absolute atomic E-state index is 0.0518. The zero-order valence-corrected chi connectivity index (χ0v) is 15.0. The van der Waals surface area contributed by atoms with Crippen molar-refractivity contribution in [3.05, 3.63) is 64.1 Å². The van der Waals surface area contributed by atoms with E-state index in [0.717, 1.165) is 17.3 Å². The lowest BCUT2D eigenvalue weighted by Crippen LogP contribution is -2.36. The van der Waals surface area contributed by atoms with Crippen molar-refractivity contribution < 1.29 is 9.53 Å². The summed E-state index contributed by atoms with van der Waals surface area (Å²) in [7, 11) is 0. The van der Waals surface area contributed by atoms with Crippen molar-refractivity contribution in [1.82, 2.24) is 5.32 Å². The molecular formula is C19H19BrN2O2. The van der Waals surface area contributed by atoms with E-state index in [4.69, 9.17) is 10.00 Å². The molecule has 1 atom stereocenters. The average Bonchev–Trinajstić information content (AvgIpc) is 2.59. The molecule has 0 saturated carbocycles. The molecule has 0 spiro atoms. The summed E-state index contributed by atoms with van der Waals surface area (Å²) < 4.78 is 6.48. The third-order valence-electron chi connectivity index (χ3n) is 3.55. The lowest BCUT2D eigenvalue weighted by atomic mass is 10.1. The number of rotatable bonds is 7. The van der Waals surface area contributed by atoms with E-state index >= 15 is 0 Å². The van der Waals surface area contributed by atoms with Gasteiger partial charge in [-0.3, -0.25) is 4.79 Å². The van der Waals surface area contributed by atoms with Crippen LogP contribution in [0.2, 0.25) is 0 Å². The zero-order chi connectivity index (χ0) is 17.4. The fraction of sp³-hybridized carbons (Fsp3) is 0.263. The minimum Gasteiger partial charge on any atom is -0.482 e. The molecule has 1 N–H and O–H groups in total. The van der Waals surface area contributed by atoms with Gasteiger partial charge in [-0.25, -0.2) is 0 Å². The first-order valence-corrected chi connectivity index (χ1v) is 8.53. The van der Waals surface area contributed by atoms with E-state index in [1.54, 1.807) is 24.3 Å². The molecule has 0 fully saturated rings. The van der Waals surface area contributed by atoms with Crippen molar-refractivity contribution in [1.29, 1.82) is 5.26 Å². The van der Waals surface area contributed by atoms with Gasteiger partial charge in [0.05, 0.1) is 5.56 Å². The largest absolute Gasteiger partial charge is 0.482 e. The number of ether oxygens (including phenoxy) is 1. The van der Waals surface area contributed by atoms with Crippen LogP contribution in [-0.2, 0) is 11.2 Å². The van der Waals surface area contributed by atoms with Crippen LogP contribution in [-0.4, -0.2) is 18.6 Å². The number of aryl methyl sites for hydroxylation is 1. The molecule has 2 aromatic rings. The van der Waals surface area contributed by atoms with Gasteiger partial charge in [-0.15, -0.1) is 0 Å². The van der Waals surface area contributed by atoms with E-state index in [-0.39, 0.29) is 18.6 Å². The molecule has 1 amide bonds. The van der Waals surface area contributed by atoms with Crippen LogP contribution in [0, 0.1) is 11.3 Å². The topological polar surface area (TPSA) is 62.1 Å². The SMILES string of the molecule is CC(CCc1ccc(Br)cc1)NC(=O)COc1ccccc1C#N. The van der Waals surface area contributed by atoms with Gasteiger partial charge in [0.1, 0.15) is 11.8 Å². The summed E-state index contributed by atoms with van der Waals surface area (Å²) in [5.74, 6) is 0.240. The zero-order valence-electron chi connectivity index (χ0n) is 13.5. The molecule has 2 aromatic carbocycles. The Morgan fingerprint density at radius 1 is 1.25 bits per heavy atom. The number of hydrogen-bond donors (Lipinski definition) is 1. The van der Waals surface area contributed by atoms with Gasteiger partial charge < -0.3 is 10.1 Å². The third kappa shape index (κ3) is 5.71. The van der Waals surface area contributed by atoms with Gasteiger partial charge in [0.15, 0.2) is 6.61 Å². The van der Waals surface area contributed by atoms with Gasteiger partial charge in [0.25, 0.3) is 5.91 Å². The number of para-hydroxylation sites is 1. The van der Waals surface area contributed by atoms with E-state index in [1.807, 2.05) is 25.1 Å². The Morgan fingerprint density at radius 3 is 2.67 bits per heavy atom. The van der Waals surface area contributed by atoms with Gasteiger partial charge in [0, 0.05) is 10.5 Å². The predicted octanol–water partition coefficient (Wildman–Crippen LogP) is 3.84. The summed E-state index contributed by atoms with van der Waals surface area (Å²) in [6.07, 6.45) is 1.75. The van der Waals surface area contributed by atoms with Crippen LogP contribution >= 0.6 is 15.9 Å². The second-order valence-corrected chi connectivity index (χ2v) is 6.45. The number of carbonyl (C=O) groups is 1. The maximum atomic E-state index is 12.0. The first-order chi connectivity index (χ1) is 11.6. The van der Waals surface area contributed by atoms with Crippen molar-refractivity contribution in [3.8, 4) is 11.8 Å². The first-order valence-electron chi connectivity index (χ1n) is 7.74. The third-order valence-corrected chi connectivity index (χ3v) is 4.08. The smallest absolute Gasteiger partial charge is 0.258 e. The van der Waals surface area contributed by atoms with E-state index < -0.39 is 0 Å². The number of amides is 1. The van der Waals surface area contributed by atoms with Gasteiger partial charge in [-0.2, -0.15) is 5.26 Å². The molecule has 4 nitrogen and oxygen atoms in total. The lowest BCUT2D eigenvalue weighted by Gasteiger charge is -2.14. The fourth-order valence-electron chi connectivity index (χ4n) is 2.25. The standard InChI is InChI=1S/C19H19BrN2O2/c1-14(6-7-15-8-10-17(20)11-9-15)22-19(23)13-24-18-5-3-2-4-16(18)12-21/h2-5,8-11,14H,6-7,13H2,1H3,(H,22,23). The molecule has 124 valence electrons. The van der Waals surface area contributed by atoms with Gasteiger partial charge in [0.2, 0.25) is 0 Å². The van der Waals surface area contributed by atoms with Crippen molar-refractivity contribution in [2.75, 3.05) is 6.61 Å². The Kier molecular flexibility index (Phi) is 6.83. The molecule has 0 heterocycles. The molecular weight excluding hydrogens is 368 g/mol. The molecule has 2 rings (SSSR count). The summed E-state index contributed by atoms with van der Waals surface area (Å²) in [4.78, 5) is 12.0. The molecule has 5 heteroatoms. The Balaban J connectivity index is 1.75. The number of nitrogens with one attached hydrogen (secondary N) is 1. The monoisotopic (exact) mass is 386 g/mol. The van der Waals surface area contributed by atoms with Crippen LogP contribution in [0.15, 0.2) is 53.0 Å². The van der Waals surface area contributed by atoms with Crippen LogP contribution < -0.4 is 10.1 Å². The highest BCUT2D eigenvalue weighted by Crippen LogP contribution is 2.16. The van der Waals surface area contributed by atoms with Crippen molar-refractivity contribution in [2.24, 2.45) is 0 Å². The van der Waals surface area contributed by atoms with Crippen LogP contribution in [0.4, 0.5) is 0 Å². The Morgan fingerprint density at radius 2 is 1.96 bits per heavy atom. The second-order valence-electron chi connectivity index (χ2n) is 5.53. The lowest BCUT2D eigenvalue weighted by molar-refractivity contribution is -0.123. The van der Waals surface area contributed by atoms with Crippen LogP contribution in [0.3, 0.4) is 0 Å². The number of nitriles is 1. The molecule has 0 aliphatic rings. The van der Waals surface area contributed by atoms with Crippen molar-refractivity contribution in [3.63, 3.8) is 0 Å². The summed E-state index contributed by atoms with van der Waals surface area (Å²) >= 11 is 3.41. The van der Waals surface area contributed by atoms with Gasteiger partial charge >= 0.3 is 0 Å². The highest BCUT2D eigenvalue weighted by Gasteiger charge is 2.10. The number of benzene rings is 2. The molecule has 0 aromatic heterocycles. The predicted molar refractivity (Wildman–Crippen MR) is 96.7 cm³/mol. The molecule has 1 unspecified atom stereocenters. The van der Waals surface area contributed by atoms with Crippen LogP contribution in [0.1, 0.15) is 24.5 Å². The number of carbonyl (C=O) groups excluding carboxylic acids is 1. The summed E-state index contributed by atoms with van der Waals surface area (Å²) in [6.45, 7) is 1.88. The molecule has 24 heavy (non-hydrogen) atoms. The Bertz CT molecular complexity index is 723. The molecule has 0 saturated heterocycles.